The Labute approximate surface area is 864 Å². The Balaban J connectivity index is 0.000000122. The number of nitrogens with zero attached hydrogens (tertiary/aromatic N) is 3. The number of para-hydroxylation sites is 3. The zero-order valence-corrected chi connectivity index (χ0v) is 82.8. The minimum Gasteiger partial charge on any atom is -0.310 e. The summed E-state index contributed by atoms with van der Waals surface area (Å²) in [6.45, 7) is 9.40. The molecule has 0 saturated heterocycles. The van der Waals surface area contributed by atoms with E-state index in [1.807, 2.05) is 0 Å². The molecule has 25 rings (SSSR count). The van der Waals surface area contributed by atoms with Gasteiger partial charge in [0.15, 0.2) is 0 Å². The van der Waals surface area contributed by atoms with Gasteiger partial charge in [-0.2, -0.15) is 0 Å². The van der Waals surface area contributed by atoms with Crippen molar-refractivity contribution < 1.29 is 0 Å². The lowest BCUT2D eigenvalue weighted by Gasteiger charge is -2.31. The quantitative estimate of drug-likeness (QED) is 0.0710. The van der Waals surface area contributed by atoms with Crippen LogP contribution in [0.2, 0.25) is 0 Å². The summed E-state index contributed by atoms with van der Waals surface area (Å²) in [5.41, 5.74) is 49.5. The molecule has 147 heavy (non-hydrogen) atoms. The maximum absolute atomic E-state index is 2.44. The number of fused-ring (bicyclic) bond motifs is 6. The SMILES string of the molecule is CC1(C)c2ccccc2-c2ccc(-c3ccc(N(c4ccc(-c5ccc6c(c5)C(C)(C)c5ccccc5-6)cc4)c4ccccc4-c4ccccc4)cc3)cc21.c1ccc(-c2cc(-c3ccccc3)cc(N(c3cc(-c4ccccc4)cc(-c4ccccc4)c3)c3ccccc3-c3ccccc3)c2)cc1.c1ccc(-c2cccc(N(c3ccccc3-c3ccccc3)c3cc(-c4ccccc4)ccc3-c3ccccc3)c2)cc1. The summed E-state index contributed by atoms with van der Waals surface area (Å²) in [7, 11) is 0. The Bertz CT molecular complexity index is 8180. The molecule has 0 radical (unpaired) electrons. The molecule has 0 aromatic heterocycles. The lowest BCUT2D eigenvalue weighted by Crippen LogP contribution is -2.14. The highest BCUT2D eigenvalue weighted by Crippen LogP contribution is 2.55. The molecular weight excluding hydrogens is 1770 g/mol. The van der Waals surface area contributed by atoms with Crippen LogP contribution >= 0.6 is 0 Å². The molecule has 0 unspecified atom stereocenters. The number of hydrogen-bond donors (Lipinski definition) is 0. The van der Waals surface area contributed by atoms with Gasteiger partial charge in [-0.3, -0.25) is 0 Å². The van der Waals surface area contributed by atoms with Crippen LogP contribution in [0.5, 0.6) is 0 Å². The maximum Gasteiger partial charge on any atom is 0.0546 e. The smallest absolute Gasteiger partial charge is 0.0546 e. The molecule has 0 N–H and O–H groups in total. The highest BCUT2D eigenvalue weighted by atomic mass is 15.2. The van der Waals surface area contributed by atoms with Crippen LogP contribution in [-0.4, -0.2) is 0 Å². The van der Waals surface area contributed by atoms with Gasteiger partial charge in [0.05, 0.1) is 22.7 Å². The fourth-order valence-electron chi connectivity index (χ4n) is 21.7. The average molecular weight is 1880 g/mol. The predicted molar refractivity (Wildman–Crippen MR) is 624 cm³/mol. The molecule has 700 valence electrons. The Morgan fingerprint density at radius 3 is 0.646 bits per heavy atom. The molecule has 0 heterocycles. The number of hydrogen-bond acceptors (Lipinski definition) is 3. The van der Waals surface area contributed by atoms with Crippen molar-refractivity contribution in [1.29, 1.82) is 0 Å². The van der Waals surface area contributed by atoms with Crippen LogP contribution in [0.15, 0.2) is 588 Å². The maximum atomic E-state index is 2.44. The average Bonchev–Trinajstić information content (AvgIpc) is 1.58. The highest BCUT2D eigenvalue weighted by molar-refractivity contribution is 5.99. The molecule has 0 bridgehead atoms. The van der Waals surface area contributed by atoms with Gasteiger partial charge in [0.2, 0.25) is 0 Å². The van der Waals surface area contributed by atoms with E-state index in [9.17, 15) is 0 Å². The third kappa shape index (κ3) is 18.9. The highest BCUT2D eigenvalue weighted by Gasteiger charge is 2.38. The summed E-state index contributed by atoms with van der Waals surface area (Å²) in [5.74, 6) is 0. The van der Waals surface area contributed by atoms with Crippen LogP contribution in [0.25, 0.3) is 156 Å². The first kappa shape index (κ1) is 92.2. The van der Waals surface area contributed by atoms with Crippen molar-refractivity contribution in [1.82, 2.24) is 0 Å². The molecule has 2 aliphatic rings. The largest absolute Gasteiger partial charge is 0.310 e. The Morgan fingerprint density at radius 1 is 0.109 bits per heavy atom. The Hall–Kier alpha value is -18.5. The summed E-state index contributed by atoms with van der Waals surface area (Å²) >= 11 is 0. The van der Waals surface area contributed by atoms with Crippen LogP contribution in [-0.2, 0) is 10.8 Å². The Kier molecular flexibility index (Phi) is 25.8. The zero-order chi connectivity index (χ0) is 99.0. The van der Waals surface area contributed by atoms with Crippen LogP contribution in [0, 0.1) is 0 Å². The molecule has 0 spiro atoms. The van der Waals surface area contributed by atoms with Crippen LogP contribution in [0.1, 0.15) is 49.9 Å². The standard InChI is InChI=1S/C54H43N.C48H35N.C42H31N/c1-53(2)48-19-11-8-17-44(48)46-32-26-39(34-50(46)53)36-22-28-41(29-23-36)55(52-21-13-10-16-43(52)38-14-6-5-7-15-38)42-30-24-37(25-31-42)40-27-33-47-45-18-9-12-20-49(45)54(3,4)51(47)35-40;1-6-18-36(19-7-1)41-30-42(37-20-8-2-9-21-37)33-45(32-41)49(48-29-17-16-28-47(48)40-26-14-5-15-27-40)46-34-43(38-22-10-3-11-23-38)31-44(35-46)39-24-12-4-13-25-39;1-5-16-32(17-6-1)36-24-15-25-38(30-36)43(41-27-14-13-26-39(41)34-20-9-3-10-21-34)42-31-37(33-18-7-2-8-19-33)28-29-40(42)35-22-11-4-12-23-35/h5-35H,1-4H3;1-35H;1-31H. The summed E-state index contributed by atoms with van der Waals surface area (Å²) in [6, 6.07) is 213. The summed E-state index contributed by atoms with van der Waals surface area (Å²) in [4.78, 5) is 7.28. The second-order valence-corrected chi connectivity index (χ2v) is 39.0. The van der Waals surface area contributed by atoms with Crippen LogP contribution < -0.4 is 14.7 Å². The van der Waals surface area contributed by atoms with Crippen molar-refractivity contribution in [2.75, 3.05) is 14.7 Å². The second-order valence-electron chi connectivity index (χ2n) is 39.0. The van der Waals surface area contributed by atoms with Gasteiger partial charge in [0.1, 0.15) is 0 Å². The first-order chi connectivity index (χ1) is 72.4. The van der Waals surface area contributed by atoms with Gasteiger partial charge in [-0.15, -0.1) is 0 Å². The topological polar surface area (TPSA) is 9.72 Å². The zero-order valence-electron chi connectivity index (χ0n) is 82.8. The molecule has 0 fully saturated rings. The Morgan fingerprint density at radius 2 is 0.320 bits per heavy atom. The molecule has 3 nitrogen and oxygen atoms in total. The summed E-state index contributed by atoms with van der Waals surface area (Å²) < 4.78 is 0. The van der Waals surface area contributed by atoms with Crippen molar-refractivity contribution in [3.05, 3.63) is 611 Å². The molecule has 3 heteroatoms. The van der Waals surface area contributed by atoms with E-state index in [1.54, 1.807) is 0 Å². The van der Waals surface area contributed by atoms with E-state index < -0.39 is 0 Å². The van der Waals surface area contributed by atoms with Crippen molar-refractivity contribution in [3.8, 4) is 156 Å². The van der Waals surface area contributed by atoms with Crippen molar-refractivity contribution in [2.24, 2.45) is 0 Å². The third-order valence-corrected chi connectivity index (χ3v) is 29.2. The molecular formula is C144H109N3. The van der Waals surface area contributed by atoms with Crippen molar-refractivity contribution >= 4 is 51.2 Å². The summed E-state index contributed by atoms with van der Waals surface area (Å²) in [5, 5.41) is 0. The van der Waals surface area contributed by atoms with Gasteiger partial charge in [-0.25, -0.2) is 0 Å². The van der Waals surface area contributed by atoms with Crippen molar-refractivity contribution in [3.63, 3.8) is 0 Å². The molecule has 0 amide bonds. The van der Waals surface area contributed by atoms with Crippen molar-refractivity contribution in [2.45, 2.75) is 38.5 Å². The fraction of sp³-hybridized carbons (Fsp3) is 0.0417. The molecule has 23 aromatic carbocycles. The number of anilines is 9. The molecule has 0 saturated carbocycles. The van der Waals surface area contributed by atoms with Gasteiger partial charge >= 0.3 is 0 Å². The molecule has 0 atom stereocenters. The van der Waals surface area contributed by atoms with E-state index in [4.69, 9.17) is 0 Å². The fourth-order valence-corrected chi connectivity index (χ4v) is 21.7. The second kappa shape index (κ2) is 41.2. The van der Waals surface area contributed by atoms with Gasteiger partial charge in [-0.05, 0) is 265 Å². The predicted octanol–water partition coefficient (Wildman–Crippen LogP) is 40.1. The van der Waals surface area contributed by atoms with E-state index in [-0.39, 0.29) is 10.8 Å². The normalized spacial score (nSPS) is 12.1. The monoisotopic (exact) mass is 1880 g/mol. The number of benzene rings is 23. The molecule has 23 aromatic rings. The van der Waals surface area contributed by atoms with Gasteiger partial charge in [-0.1, -0.05) is 507 Å². The van der Waals surface area contributed by atoms with Gasteiger partial charge < -0.3 is 14.7 Å². The van der Waals surface area contributed by atoms with E-state index in [0.29, 0.717) is 0 Å². The lowest BCUT2D eigenvalue weighted by atomic mass is 9.81. The molecule has 2 aliphatic carbocycles. The third-order valence-electron chi connectivity index (χ3n) is 29.2. The lowest BCUT2D eigenvalue weighted by molar-refractivity contribution is 0.660. The van der Waals surface area contributed by atoms with E-state index in [1.165, 1.54) is 178 Å². The molecule has 0 aliphatic heterocycles. The minimum absolute atomic E-state index is 0.0347. The van der Waals surface area contributed by atoms with Gasteiger partial charge in [0.25, 0.3) is 0 Å². The van der Waals surface area contributed by atoms with Gasteiger partial charge in [0, 0.05) is 61.5 Å². The summed E-state index contributed by atoms with van der Waals surface area (Å²) in [6.07, 6.45) is 0. The van der Waals surface area contributed by atoms with E-state index in [2.05, 4.69) is 631 Å². The van der Waals surface area contributed by atoms with E-state index >= 15 is 0 Å². The van der Waals surface area contributed by atoms with Crippen LogP contribution in [0.3, 0.4) is 0 Å². The first-order valence-corrected chi connectivity index (χ1v) is 50.9. The number of rotatable bonds is 21. The minimum atomic E-state index is -0.0347. The van der Waals surface area contributed by atoms with E-state index in [0.717, 1.165) is 51.2 Å². The van der Waals surface area contributed by atoms with Crippen LogP contribution in [0.4, 0.5) is 51.2 Å². The first-order valence-electron chi connectivity index (χ1n) is 50.9.